The number of halogens is 1. The number of fused-ring (bicyclic) bond motifs is 1. The maximum Gasteiger partial charge on any atom is 0.169 e. The lowest BCUT2D eigenvalue weighted by Gasteiger charge is -2.17. The molecule has 5 nitrogen and oxygen atoms in total. The number of nitrogens with one attached hydrogen (secondary N) is 1. The van der Waals surface area contributed by atoms with Crippen molar-refractivity contribution in [2.75, 3.05) is 19.5 Å². The quantitative estimate of drug-likeness (QED) is 0.714. The van der Waals surface area contributed by atoms with Crippen molar-refractivity contribution < 1.29 is 19.0 Å². The van der Waals surface area contributed by atoms with Crippen LogP contribution in [0, 0.1) is 5.82 Å². The molecule has 1 aromatic heterocycles. The van der Waals surface area contributed by atoms with Crippen LogP contribution in [0.2, 0.25) is 0 Å². The third-order valence-corrected chi connectivity index (χ3v) is 4.57. The molecule has 0 spiro atoms. The zero-order valence-electron chi connectivity index (χ0n) is 14.5. The Morgan fingerprint density at radius 3 is 2.62 bits per heavy atom. The van der Waals surface area contributed by atoms with Crippen molar-refractivity contribution in [2.24, 2.45) is 0 Å². The van der Waals surface area contributed by atoms with E-state index in [4.69, 9.17) is 9.47 Å². The molecule has 0 atom stereocenters. The lowest BCUT2D eigenvalue weighted by Crippen LogP contribution is -2.05. The van der Waals surface area contributed by atoms with Gasteiger partial charge in [-0.1, -0.05) is 6.07 Å². The Labute approximate surface area is 150 Å². The summed E-state index contributed by atoms with van der Waals surface area (Å²) in [6.45, 7) is 0. The van der Waals surface area contributed by atoms with Crippen LogP contribution >= 0.6 is 0 Å². The summed E-state index contributed by atoms with van der Waals surface area (Å²) >= 11 is 0. The van der Waals surface area contributed by atoms with E-state index in [9.17, 15) is 9.50 Å². The highest BCUT2D eigenvalue weighted by molar-refractivity contribution is 6.06. The predicted octanol–water partition coefficient (Wildman–Crippen LogP) is 4.34. The summed E-state index contributed by atoms with van der Waals surface area (Å²) in [7, 11) is 3.15. The number of rotatable bonds is 5. The van der Waals surface area contributed by atoms with Crippen molar-refractivity contribution in [3.05, 3.63) is 42.3 Å². The third kappa shape index (κ3) is 2.77. The fraction of sp³-hybridized carbons (Fsp3) is 0.250. The Morgan fingerprint density at radius 2 is 1.96 bits per heavy atom. The van der Waals surface area contributed by atoms with Gasteiger partial charge in [-0.15, -0.1) is 0 Å². The molecule has 1 heterocycles. The van der Waals surface area contributed by atoms with E-state index < -0.39 is 5.82 Å². The fourth-order valence-electron chi connectivity index (χ4n) is 3.08. The molecule has 2 aromatic carbocycles. The maximum atomic E-state index is 13.9. The van der Waals surface area contributed by atoms with Gasteiger partial charge in [-0.25, -0.2) is 9.37 Å². The molecule has 1 saturated carbocycles. The molecule has 0 aliphatic heterocycles. The predicted molar refractivity (Wildman–Crippen MR) is 98.6 cm³/mol. The van der Waals surface area contributed by atoms with Crippen LogP contribution in [0.1, 0.15) is 12.8 Å². The lowest BCUT2D eigenvalue weighted by molar-refractivity contribution is 0.358. The van der Waals surface area contributed by atoms with E-state index in [0.717, 1.165) is 29.4 Å². The van der Waals surface area contributed by atoms with Gasteiger partial charge in [0.1, 0.15) is 5.82 Å². The number of aromatic hydroxyl groups is 1. The summed E-state index contributed by atoms with van der Waals surface area (Å²) in [5.74, 6) is 0.852. The van der Waals surface area contributed by atoms with Gasteiger partial charge in [0.2, 0.25) is 0 Å². The molecular weight excluding hydrogens is 335 g/mol. The fourth-order valence-corrected chi connectivity index (χ4v) is 3.08. The van der Waals surface area contributed by atoms with Gasteiger partial charge in [0.25, 0.3) is 0 Å². The highest BCUT2D eigenvalue weighted by atomic mass is 19.1. The summed E-state index contributed by atoms with van der Waals surface area (Å²) in [5.41, 5.74) is 1.30. The van der Waals surface area contributed by atoms with Crippen molar-refractivity contribution in [2.45, 2.75) is 18.9 Å². The Morgan fingerprint density at radius 1 is 1.15 bits per heavy atom. The highest BCUT2D eigenvalue weighted by Gasteiger charge is 2.24. The summed E-state index contributed by atoms with van der Waals surface area (Å²) in [5, 5.41) is 14.6. The Hall–Kier alpha value is -3.02. The number of nitrogens with zero attached hydrogens (tertiary/aromatic N) is 1. The Balaban J connectivity index is 2.00. The Bertz CT molecular complexity index is 986. The van der Waals surface area contributed by atoms with Gasteiger partial charge in [-0.05, 0) is 42.7 Å². The Kier molecular flexibility index (Phi) is 4.03. The minimum Gasteiger partial charge on any atom is -0.505 e. The van der Waals surface area contributed by atoms with Crippen LogP contribution in [-0.4, -0.2) is 30.4 Å². The first kappa shape index (κ1) is 16.4. The number of ether oxygens (including phenoxy) is 2. The molecule has 0 amide bonds. The van der Waals surface area contributed by atoms with Gasteiger partial charge in [-0.3, -0.25) is 0 Å². The van der Waals surface area contributed by atoms with Crippen LogP contribution in [0.5, 0.6) is 17.2 Å². The van der Waals surface area contributed by atoms with E-state index in [-0.39, 0.29) is 5.75 Å². The van der Waals surface area contributed by atoms with E-state index in [0.29, 0.717) is 28.7 Å². The van der Waals surface area contributed by atoms with E-state index in [1.54, 1.807) is 26.5 Å². The number of phenols is 1. The average molecular weight is 354 g/mol. The second kappa shape index (κ2) is 6.37. The first-order chi connectivity index (χ1) is 12.6. The van der Waals surface area contributed by atoms with Crippen molar-refractivity contribution >= 4 is 16.6 Å². The number of anilines is 1. The number of methoxy groups -OCH3 is 2. The molecule has 2 N–H and O–H groups in total. The van der Waals surface area contributed by atoms with Crippen LogP contribution < -0.4 is 14.8 Å². The van der Waals surface area contributed by atoms with Crippen molar-refractivity contribution in [1.82, 2.24) is 4.98 Å². The van der Waals surface area contributed by atoms with Gasteiger partial charge in [0.15, 0.2) is 23.1 Å². The molecule has 1 aliphatic rings. The number of hydrogen-bond acceptors (Lipinski definition) is 5. The van der Waals surface area contributed by atoms with Gasteiger partial charge in [-0.2, -0.15) is 0 Å². The molecule has 0 radical (unpaired) electrons. The summed E-state index contributed by atoms with van der Waals surface area (Å²) < 4.78 is 25.0. The molecule has 6 heteroatoms. The molecule has 4 rings (SSSR count). The van der Waals surface area contributed by atoms with Crippen molar-refractivity contribution in [3.8, 4) is 28.4 Å². The highest BCUT2D eigenvalue weighted by Crippen LogP contribution is 2.44. The minimum absolute atomic E-state index is 0.386. The molecule has 0 unspecified atom stereocenters. The molecule has 26 heavy (non-hydrogen) atoms. The summed E-state index contributed by atoms with van der Waals surface area (Å²) in [6.07, 6.45) is 3.95. The molecule has 1 fully saturated rings. The van der Waals surface area contributed by atoms with Crippen molar-refractivity contribution in [3.63, 3.8) is 0 Å². The third-order valence-electron chi connectivity index (χ3n) is 4.57. The number of aromatic nitrogens is 1. The van der Waals surface area contributed by atoms with E-state index in [2.05, 4.69) is 10.3 Å². The molecule has 0 saturated heterocycles. The molecule has 1 aliphatic carbocycles. The number of hydrogen-bond donors (Lipinski definition) is 2. The van der Waals surface area contributed by atoms with E-state index in [1.165, 1.54) is 12.1 Å². The van der Waals surface area contributed by atoms with Crippen LogP contribution in [0.25, 0.3) is 21.9 Å². The molecule has 134 valence electrons. The average Bonchev–Trinajstić information content (AvgIpc) is 3.47. The number of pyridine rings is 1. The van der Waals surface area contributed by atoms with Crippen molar-refractivity contribution in [1.29, 1.82) is 0 Å². The van der Waals surface area contributed by atoms with E-state index in [1.807, 2.05) is 12.1 Å². The second-order valence-corrected chi connectivity index (χ2v) is 6.33. The maximum absolute atomic E-state index is 13.9. The minimum atomic E-state index is -0.683. The van der Waals surface area contributed by atoms with Crippen LogP contribution in [-0.2, 0) is 0 Å². The SMILES string of the molecule is COc1ccc2c(NC3CC3)ncc(-c3ccc(O)c(F)c3)c2c1OC. The van der Waals surface area contributed by atoms with Crippen LogP contribution in [0.15, 0.2) is 36.5 Å². The molecule has 0 bridgehead atoms. The number of phenolic OH excluding ortho intramolecular Hbond substituents is 1. The summed E-state index contributed by atoms with van der Waals surface area (Å²) in [4.78, 5) is 4.55. The number of benzene rings is 2. The lowest BCUT2D eigenvalue weighted by atomic mass is 9.98. The monoisotopic (exact) mass is 354 g/mol. The molecule has 3 aromatic rings. The topological polar surface area (TPSA) is 63.6 Å². The van der Waals surface area contributed by atoms with Gasteiger partial charge < -0.3 is 19.9 Å². The smallest absolute Gasteiger partial charge is 0.169 e. The molecular formula is C20H19FN2O3. The van der Waals surface area contributed by atoms with Gasteiger partial charge >= 0.3 is 0 Å². The van der Waals surface area contributed by atoms with Crippen LogP contribution in [0.4, 0.5) is 10.2 Å². The van der Waals surface area contributed by atoms with Gasteiger partial charge in [0, 0.05) is 28.6 Å². The second-order valence-electron chi connectivity index (χ2n) is 6.33. The largest absolute Gasteiger partial charge is 0.505 e. The van der Waals surface area contributed by atoms with Gasteiger partial charge in [0.05, 0.1) is 14.2 Å². The van der Waals surface area contributed by atoms with E-state index >= 15 is 0 Å². The summed E-state index contributed by atoms with van der Waals surface area (Å²) in [6, 6.07) is 8.48. The normalized spacial score (nSPS) is 13.7. The first-order valence-corrected chi connectivity index (χ1v) is 8.41. The first-order valence-electron chi connectivity index (χ1n) is 8.41. The standard InChI is InChI=1S/C20H19FN2O3/c1-25-17-8-6-13-18(19(17)26-2)14(10-22-20(13)23-12-4-5-12)11-3-7-16(24)15(21)9-11/h3,6-10,12,24H,4-5H2,1-2H3,(H,22,23). The van der Waals surface area contributed by atoms with Crippen LogP contribution in [0.3, 0.4) is 0 Å². The zero-order valence-corrected chi connectivity index (χ0v) is 14.5. The zero-order chi connectivity index (χ0) is 18.3.